The lowest BCUT2D eigenvalue weighted by molar-refractivity contribution is -0.136. The number of nitrogens with zero attached hydrogens (tertiary/aromatic N) is 1. The first-order chi connectivity index (χ1) is 11.7. The number of rotatable bonds is 8. The number of carbonyl (C=O) groups is 1. The van der Waals surface area contributed by atoms with Crippen LogP contribution in [0.4, 0.5) is 0 Å². The summed E-state index contributed by atoms with van der Waals surface area (Å²) < 4.78 is 16.2. The zero-order chi connectivity index (χ0) is 17.2. The number of carbonyl (C=O) groups excluding carboxylic acids is 1. The smallest absolute Gasteiger partial charge is 0.349 e. The summed E-state index contributed by atoms with van der Waals surface area (Å²) in [6.45, 7) is 2.54. The highest BCUT2D eigenvalue weighted by atomic mass is 16.6. The molecule has 2 rings (SSSR count). The van der Waals surface area contributed by atoms with Crippen molar-refractivity contribution in [3.05, 3.63) is 54.1 Å². The predicted octanol–water partition coefficient (Wildman–Crippen LogP) is 3.72. The van der Waals surface area contributed by atoms with Gasteiger partial charge in [0.25, 0.3) is 0 Å². The van der Waals surface area contributed by atoms with Crippen molar-refractivity contribution in [1.29, 1.82) is 5.26 Å². The van der Waals surface area contributed by atoms with E-state index in [1.165, 1.54) is 0 Å². The number of nitriles is 1. The molecule has 5 nitrogen and oxygen atoms in total. The molecule has 0 unspecified atom stereocenters. The third kappa shape index (κ3) is 5.65. The minimum absolute atomic E-state index is 0.210. The zero-order valence-electron chi connectivity index (χ0n) is 13.5. The van der Waals surface area contributed by atoms with Crippen molar-refractivity contribution >= 4 is 5.97 Å². The molecule has 0 atom stereocenters. The standard InChI is InChI=1S/C19H19NO4/c1-2-3-11-22-17-5-4-6-18(12-17)23-14-19(21)24-16-9-7-15(13-20)8-10-16/h4-10,12H,2-3,11,14H2,1H3. The molecule has 24 heavy (non-hydrogen) atoms. The summed E-state index contributed by atoms with van der Waals surface area (Å²) in [5, 5.41) is 8.72. The fourth-order valence-corrected chi connectivity index (χ4v) is 1.89. The molecule has 2 aromatic carbocycles. The molecular weight excluding hydrogens is 306 g/mol. The Morgan fingerprint density at radius 3 is 2.42 bits per heavy atom. The molecule has 0 N–H and O–H groups in total. The van der Waals surface area contributed by atoms with Crippen molar-refractivity contribution in [1.82, 2.24) is 0 Å². The van der Waals surface area contributed by atoms with Gasteiger partial charge in [-0.05, 0) is 42.8 Å². The predicted molar refractivity (Wildman–Crippen MR) is 89.1 cm³/mol. The average molecular weight is 325 g/mol. The van der Waals surface area contributed by atoms with Crippen molar-refractivity contribution in [2.45, 2.75) is 19.8 Å². The maximum Gasteiger partial charge on any atom is 0.349 e. The number of unbranched alkanes of at least 4 members (excludes halogenated alkanes) is 1. The minimum Gasteiger partial charge on any atom is -0.493 e. The van der Waals surface area contributed by atoms with E-state index >= 15 is 0 Å². The average Bonchev–Trinajstić information content (AvgIpc) is 2.61. The van der Waals surface area contributed by atoms with Gasteiger partial charge in [-0.3, -0.25) is 0 Å². The lowest BCUT2D eigenvalue weighted by Crippen LogP contribution is -2.17. The Labute approximate surface area is 141 Å². The van der Waals surface area contributed by atoms with Crippen LogP contribution in [0.3, 0.4) is 0 Å². The van der Waals surface area contributed by atoms with Crippen LogP contribution >= 0.6 is 0 Å². The molecule has 0 aromatic heterocycles. The monoisotopic (exact) mass is 325 g/mol. The maximum absolute atomic E-state index is 11.8. The van der Waals surface area contributed by atoms with Gasteiger partial charge in [-0.25, -0.2) is 4.79 Å². The second-order valence-electron chi connectivity index (χ2n) is 5.08. The van der Waals surface area contributed by atoms with E-state index in [-0.39, 0.29) is 6.61 Å². The van der Waals surface area contributed by atoms with Crippen LogP contribution in [0.2, 0.25) is 0 Å². The Bertz CT molecular complexity index is 704. The molecule has 0 aliphatic rings. The molecule has 0 saturated heterocycles. The third-order valence-electron chi connectivity index (χ3n) is 3.14. The Morgan fingerprint density at radius 2 is 1.75 bits per heavy atom. The Morgan fingerprint density at radius 1 is 1.04 bits per heavy atom. The molecule has 0 bridgehead atoms. The second-order valence-corrected chi connectivity index (χ2v) is 5.08. The van der Waals surface area contributed by atoms with Crippen LogP contribution in [0.25, 0.3) is 0 Å². The Kier molecular flexibility index (Phi) is 6.66. The van der Waals surface area contributed by atoms with Gasteiger partial charge >= 0.3 is 5.97 Å². The molecule has 0 radical (unpaired) electrons. The highest BCUT2D eigenvalue weighted by Gasteiger charge is 2.07. The maximum atomic E-state index is 11.8. The van der Waals surface area contributed by atoms with Crippen LogP contribution < -0.4 is 14.2 Å². The number of benzene rings is 2. The van der Waals surface area contributed by atoms with Gasteiger partial charge < -0.3 is 14.2 Å². The highest BCUT2D eigenvalue weighted by Crippen LogP contribution is 2.20. The summed E-state index contributed by atoms with van der Waals surface area (Å²) in [5.41, 5.74) is 0.505. The van der Waals surface area contributed by atoms with Gasteiger partial charge in [0.2, 0.25) is 0 Å². The number of ether oxygens (including phenoxy) is 3. The van der Waals surface area contributed by atoms with E-state index in [0.717, 1.165) is 12.8 Å². The van der Waals surface area contributed by atoms with E-state index in [9.17, 15) is 4.79 Å². The fourth-order valence-electron chi connectivity index (χ4n) is 1.89. The van der Waals surface area contributed by atoms with Crippen molar-refractivity contribution in [3.8, 4) is 23.3 Å². The van der Waals surface area contributed by atoms with Crippen molar-refractivity contribution in [2.75, 3.05) is 13.2 Å². The third-order valence-corrected chi connectivity index (χ3v) is 3.14. The van der Waals surface area contributed by atoms with Gasteiger partial charge in [0, 0.05) is 6.07 Å². The molecule has 0 spiro atoms. The summed E-state index contributed by atoms with van der Waals surface area (Å²) in [5.74, 6) is 1.11. The Balaban J connectivity index is 1.82. The van der Waals surface area contributed by atoms with Crippen LogP contribution in [-0.2, 0) is 4.79 Å². The van der Waals surface area contributed by atoms with E-state index in [2.05, 4.69) is 6.92 Å². The topological polar surface area (TPSA) is 68.6 Å². The van der Waals surface area contributed by atoms with Crippen LogP contribution in [0.15, 0.2) is 48.5 Å². The van der Waals surface area contributed by atoms with Gasteiger partial charge in [0.15, 0.2) is 6.61 Å². The molecule has 0 aliphatic carbocycles. The second kappa shape index (κ2) is 9.21. The van der Waals surface area contributed by atoms with E-state index in [1.807, 2.05) is 18.2 Å². The zero-order valence-corrected chi connectivity index (χ0v) is 13.5. The highest BCUT2D eigenvalue weighted by molar-refractivity contribution is 5.74. The molecule has 0 amide bonds. The normalized spacial score (nSPS) is 9.83. The van der Waals surface area contributed by atoms with E-state index in [0.29, 0.717) is 29.4 Å². The van der Waals surface area contributed by atoms with Gasteiger partial charge in [-0.15, -0.1) is 0 Å². The Hall–Kier alpha value is -3.00. The van der Waals surface area contributed by atoms with E-state index < -0.39 is 5.97 Å². The summed E-state index contributed by atoms with van der Waals surface area (Å²) in [4.78, 5) is 11.8. The van der Waals surface area contributed by atoms with Crippen LogP contribution in [-0.4, -0.2) is 19.2 Å². The molecule has 2 aromatic rings. The summed E-state index contributed by atoms with van der Waals surface area (Å²) in [7, 11) is 0. The molecule has 0 fully saturated rings. The van der Waals surface area contributed by atoms with Crippen molar-refractivity contribution in [3.63, 3.8) is 0 Å². The molecule has 124 valence electrons. The van der Waals surface area contributed by atoms with Gasteiger partial charge in [0.05, 0.1) is 18.2 Å². The number of hydrogen-bond acceptors (Lipinski definition) is 5. The van der Waals surface area contributed by atoms with Crippen LogP contribution in [0.5, 0.6) is 17.2 Å². The van der Waals surface area contributed by atoms with Gasteiger partial charge in [-0.1, -0.05) is 19.4 Å². The number of esters is 1. The molecule has 0 heterocycles. The SMILES string of the molecule is CCCCOc1cccc(OCC(=O)Oc2ccc(C#N)cc2)c1. The summed E-state index contributed by atoms with van der Waals surface area (Å²) in [6.07, 6.45) is 2.05. The largest absolute Gasteiger partial charge is 0.493 e. The molecular formula is C19H19NO4. The van der Waals surface area contributed by atoms with Crippen molar-refractivity contribution < 1.29 is 19.0 Å². The first-order valence-corrected chi connectivity index (χ1v) is 7.77. The fraction of sp³-hybridized carbons (Fsp3) is 0.263. The lowest BCUT2D eigenvalue weighted by atomic mass is 10.2. The van der Waals surface area contributed by atoms with Gasteiger partial charge in [0.1, 0.15) is 17.2 Å². The number of hydrogen-bond donors (Lipinski definition) is 0. The van der Waals surface area contributed by atoms with Gasteiger partial charge in [-0.2, -0.15) is 5.26 Å². The minimum atomic E-state index is -0.517. The van der Waals surface area contributed by atoms with E-state index in [1.54, 1.807) is 36.4 Å². The molecule has 5 heteroatoms. The molecule has 0 saturated carbocycles. The first-order valence-electron chi connectivity index (χ1n) is 7.77. The van der Waals surface area contributed by atoms with Crippen LogP contribution in [0, 0.1) is 11.3 Å². The summed E-state index contributed by atoms with van der Waals surface area (Å²) in [6, 6.07) is 15.4. The molecule has 0 aliphatic heterocycles. The van der Waals surface area contributed by atoms with Crippen LogP contribution in [0.1, 0.15) is 25.3 Å². The summed E-state index contributed by atoms with van der Waals surface area (Å²) >= 11 is 0. The first kappa shape index (κ1) is 17.4. The quantitative estimate of drug-likeness (QED) is 0.420. The lowest BCUT2D eigenvalue weighted by Gasteiger charge is -2.09. The van der Waals surface area contributed by atoms with E-state index in [4.69, 9.17) is 19.5 Å². The van der Waals surface area contributed by atoms with Crippen molar-refractivity contribution in [2.24, 2.45) is 0 Å².